The number of hydrogen-bond acceptors (Lipinski definition) is 1. The van der Waals surface area contributed by atoms with Crippen molar-refractivity contribution in [3.05, 3.63) is 36.2 Å². The molecule has 0 atom stereocenters. The van der Waals surface area contributed by atoms with Crippen LogP contribution in [0.4, 0.5) is 0 Å². The Labute approximate surface area is 126 Å². The molecule has 80 valence electrons. The molecule has 14 heavy (non-hydrogen) atoms. The molecular weight excluding hydrogens is 275 g/mol. The van der Waals surface area contributed by atoms with Gasteiger partial charge < -0.3 is 31.0 Å². The SMILES string of the molecule is C[C-](C)C.[Cl-].[Cu+].[Mg+2].[S-]c1ccccc1. The van der Waals surface area contributed by atoms with Crippen LogP contribution in [-0.4, -0.2) is 23.1 Å². The van der Waals surface area contributed by atoms with Crippen molar-refractivity contribution in [1.82, 2.24) is 0 Å². The van der Waals surface area contributed by atoms with E-state index in [2.05, 4.69) is 20.8 Å². The first kappa shape index (κ1) is 24.3. The van der Waals surface area contributed by atoms with Crippen LogP contribution in [0.1, 0.15) is 20.8 Å². The van der Waals surface area contributed by atoms with E-state index in [0.29, 0.717) is 0 Å². The summed E-state index contributed by atoms with van der Waals surface area (Å²) in [5, 5.41) is 0. The first-order chi connectivity index (χ1) is 5.13. The molecular formula is C10H14ClCuMgS. The summed E-state index contributed by atoms with van der Waals surface area (Å²) in [6, 6.07) is 9.62. The largest absolute Gasteiger partial charge is 2.00 e. The third-order valence-corrected chi connectivity index (χ3v) is 1.02. The van der Waals surface area contributed by atoms with E-state index in [-0.39, 0.29) is 52.5 Å². The van der Waals surface area contributed by atoms with E-state index >= 15 is 0 Å². The molecule has 0 nitrogen and oxygen atoms in total. The van der Waals surface area contributed by atoms with Crippen LogP contribution in [0.2, 0.25) is 0 Å². The van der Waals surface area contributed by atoms with Gasteiger partial charge in [-0.05, 0) is 0 Å². The standard InChI is InChI=1S/C6H6S.C4H9.ClH.Cu.Mg/c7-6-4-2-1-3-5-6;1-4(2)3;;;/h1-5,7H;1-3H3;1H;;/q;-1;;+1;+2/p-2. The average molecular weight is 290 g/mol. The summed E-state index contributed by atoms with van der Waals surface area (Å²) < 4.78 is 0. The summed E-state index contributed by atoms with van der Waals surface area (Å²) in [6.45, 7) is 6.25. The minimum Gasteiger partial charge on any atom is -1.00 e. The summed E-state index contributed by atoms with van der Waals surface area (Å²) in [5.74, 6) is 1.42. The second kappa shape index (κ2) is 16.4. The fourth-order valence-electron chi connectivity index (χ4n) is 0.420. The van der Waals surface area contributed by atoms with Gasteiger partial charge in [0.15, 0.2) is 0 Å². The summed E-state index contributed by atoms with van der Waals surface area (Å²) in [6.07, 6.45) is 0. The molecule has 1 aromatic carbocycles. The zero-order valence-corrected chi connectivity index (χ0v) is 12.6. The van der Waals surface area contributed by atoms with Crippen LogP contribution in [0, 0.1) is 5.92 Å². The van der Waals surface area contributed by atoms with Crippen molar-refractivity contribution in [2.75, 3.05) is 0 Å². The maximum absolute atomic E-state index is 4.81. The first-order valence-corrected chi connectivity index (χ1v) is 4.02. The van der Waals surface area contributed by atoms with E-state index in [1.54, 1.807) is 0 Å². The Morgan fingerprint density at radius 2 is 1.29 bits per heavy atom. The van der Waals surface area contributed by atoms with E-state index in [0.717, 1.165) is 4.90 Å². The predicted molar refractivity (Wildman–Crippen MR) is 58.1 cm³/mol. The van der Waals surface area contributed by atoms with Gasteiger partial charge in [-0.15, -0.1) is 0 Å². The Balaban J connectivity index is -0.0000000650. The molecule has 0 aliphatic rings. The molecule has 0 aliphatic carbocycles. The second-order valence-electron chi connectivity index (χ2n) is 2.81. The third kappa shape index (κ3) is 23.1. The maximum Gasteiger partial charge on any atom is 2.00 e. The van der Waals surface area contributed by atoms with Gasteiger partial charge in [-0.2, -0.15) is 25.7 Å². The van der Waals surface area contributed by atoms with Gasteiger partial charge in [0.25, 0.3) is 0 Å². The molecule has 0 unspecified atom stereocenters. The molecule has 1 aromatic rings. The van der Waals surface area contributed by atoms with Crippen molar-refractivity contribution in [2.45, 2.75) is 25.7 Å². The first-order valence-electron chi connectivity index (χ1n) is 3.61. The Hall–Kier alpha value is 1.02. The van der Waals surface area contributed by atoms with Crippen molar-refractivity contribution < 1.29 is 29.5 Å². The van der Waals surface area contributed by atoms with Crippen molar-refractivity contribution in [3.63, 3.8) is 0 Å². The van der Waals surface area contributed by atoms with Gasteiger partial charge in [0, 0.05) is 0 Å². The van der Waals surface area contributed by atoms with Crippen molar-refractivity contribution >= 4 is 35.7 Å². The molecule has 0 aliphatic heterocycles. The van der Waals surface area contributed by atoms with Crippen LogP contribution in [0.5, 0.6) is 0 Å². The normalized spacial score (nSPS) is 6.86. The molecule has 1 rings (SSSR count). The van der Waals surface area contributed by atoms with Crippen molar-refractivity contribution in [2.24, 2.45) is 0 Å². The average Bonchev–Trinajstić information content (AvgIpc) is 1.87. The van der Waals surface area contributed by atoms with Gasteiger partial charge in [0.05, 0.1) is 0 Å². The van der Waals surface area contributed by atoms with Gasteiger partial charge >= 0.3 is 40.1 Å². The zero-order chi connectivity index (χ0) is 8.69. The van der Waals surface area contributed by atoms with E-state index in [4.69, 9.17) is 12.6 Å². The number of hydrogen-bond donors (Lipinski definition) is 0. The van der Waals surface area contributed by atoms with Gasteiger partial charge in [-0.25, -0.2) is 0 Å². The van der Waals surface area contributed by atoms with Crippen LogP contribution >= 0.6 is 0 Å². The number of rotatable bonds is 0. The Kier molecular flexibility index (Phi) is 28.6. The molecule has 0 saturated carbocycles. The molecule has 0 fully saturated rings. The number of halogens is 1. The van der Waals surface area contributed by atoms with E-state index in [1.165, 1.54) is 5.92 Å². The minimum absolute atomic E-state index is 0. The fraction of sp³-hybridized carbons (Fsp3) is 0.300. The molecule has 0 radical (unpaired) electrons. The molecule has 0 spiro atoms. The third-order valence-electron chi connectivity index (χ3n) is 0.743. The summed E-state index contributed by atoms with van der Waals surface area (Å²) in [4.78, 5) is 0.905. The van der Waals surface area contributed by atoms with Gasteiger partial charge in [-0.1, -0.05) is 30.3 Å². The van der Waals surface area contributed by atoms with Crippen molar-refractivity contribution in [1.29, 1.82) is 0 Å². The Bertz CT molecular complexity index is 180. The summed E-state index contributed by atoms with van der Waals surface area (Å²) in [7, 11) is 0. The Morgan fingerprint density at radius 3 is 1.43 bits per heavy atom. The van der Waals surface area contributed by atoms with Gasteiger partial charge in [0.2, 0.25) is 0 Å². The second-order valence-corrected chi connectivity index (χ2v) is 3.28. The summed E-state index contributed by atoms with van der Waals surface area (Å²) >= 11 is 4.81. The predicted octanol–water partition coefficient (Wildman–Crippen LogP) is -0.166. The van der Waals surface area contributed by atoms with E-state index < -0.39 is 0 Å². The molecule has 0 bridgehead atoms. The van der Waals surface area contributed by atoms with Gasteiger partial charge in [0.1, 0.15) is 0 Å². The maximum atomic E-state index is 4.81. The number of benzene rings is 1. The monoisotopic (exact) mass is 288 g/mol. The van der Waals surface area contributed by atoms with Crippen LogP contribution < -0.4 is 12.4 Å². The molecule has 0 N–H and O–H groups in total. The van der Waals surface area contributed by atoms with Crippen LogP contribution in [0.3, 0.4) is 0 Å². The smallest absolute Gasteiger partial charge is 1.00 e. The molecule has 4 heteroatoms. The van der Waals surface area contributed by atoms with Crippen LogP contribution in [-0.2, 0) is 29.7 Å². The minimum atomic E-state index is 0. The topological polar surface area (TPSA) is 0 Å². The molecule has 0 amide bonds. The van der Waals surface area contributed by atoms with Crippen LogP contribution in [0.15, 0.2) is 35.2 Å². The van der Waals surface area contributed by atoms with E-state index in [9.17, 15) is 0 Å². The molecule has 0 aromatic heterocycles. The van der Waals surface area contributed by atoms with Crippen LogP contribution in [0.25, 0.3) is 0 Å². The molecule has 0 saturated heterocycles. The fourth-order valence-corrected chi connectivity index (χ4v) is 0.578. The van der Waals surface area contributed by atoms with E-state index in [1.807, 2.05) is 30.3 Å². The zero-order valence-electron chi connectivity index (χ0n) is 8.68. The van der Waals surface area contributed by atoms with Crippen molar-refractivity contribution in [3.8, 4) is 0 Å². The summed E-state index contributed by atoms with van der Waals surface area (Å²) in [5.41, 5.74) is 0. The van der Waals surface area contributed by atoms with Gasteiger partial charge in [-0.3, -0.25) is 0 Å². The Morgan fingerprint density at radius 1 is 1.00 bits per heavy atom. The molecule has 0 heterocycles. The quantitative estimate of drug-likeness (QED) is 0.363.